The molecule has 0 N–H and O–H groups in total. The summed E-state index contributed by atoms with van der Waals surface area (Å²) in [5.41, 5.74) is 5.36. The second kappa shape index (κ2) is 6.50. The van der Waals surface area contributed by atoms with Gasteiger partial charge in [0.1, 0.15) is 17.8 Å². The van der Waals surface area contributed by atoms with E-state index in [-0.39, 0.29) is 19.0 Å². The average Bonchev–Trinajstić information content (AvgIpc) is 3.17. The highest BCUT2D eigenvalue weighted by Gasteiger charge is 2.13. The number of benzene rings is 1. The van der Waals surface area contributed by atoms with Crippen LogP contribution < -0.4 is 0 Å². The molecule has 0 spiro atoms. The minimum absolute atomic E-state index is 0.117. The standard InChI is InChI=1S/C20H17ClN2O3/c1-12-5-17-14(10-25-18(17)6-13(12)2)7-20(24)26-11-16-9-23-8-15(21)3-4-19(23)22-16/h3-6,8-10H,7,11H2,1-2H3. The lowest BCUT2D eigenvalue weighted by Gasteiger charge is -2.03. The minimum atomic E-state index is -0.319. The van der Waals surface area contributed by atoms with Crippen LogP contribution in [-0.4, -0.2) is 15.4 Å². The van der Waals surface area contributed by atoms with Crippen LogP contribution in [0.25, 0.3) is 16.6 Å². The highest BCUT2D eigenvalue weighted by atomic mass is 35.5. The van der Waals surface area contributed by atoms with Gasteiger partial charge in [-0.15, -0.1) is 0 Å². The van der Waals surface area contributed by atoms with E-state index in [1.807, 2.05) is 32.0 Å². The molecule has 5 nitrogen and oxygen atoms in total. The molecule has 3 heterocycles. The first-order valence-corrected chi connectivity index (χ1v) is 8.63. The van der Waals surface area contributed by atoms with Crippen molar-refractivity contribution in [3.8, 4) is 0 Å². The van der Waals surface area contributed by atoms with Gasteiger partial charge in [0.05, 0.1) is 23.4 Å². The predicted octanol–water partition coefficient (Wildman–Crippen LogP) is 4.64. The summed E-state index contributed by atoms with van der Waals surface area (Å²) in [6.07, 6.45) is 5.34. The zero-order valence-corrected chi connectivity index (χ0v) is 15.2. The molecule has 0 atom stereocenters. The van der Waals surface area contributed by atoms with Crippen LogP contribution in [0.1, 0.15) is 22.4 Å². The Hall–Kier alpha value is -2.79. The Labute approximate surface area is 155 Å². The molecule has 0 aliphatic carbocycles. The molecule has 4 aromatic rings. The molecule has 0 bridgehead atoms. The van der Waals surface area contributed by atoms with E-state index in [0.717, 1.165) is 33.3 Å². The van der Waals surface area contributed by atoms with Crippen molar-refractivity contribution >= 4 is 34.2 Å². The van der Waals surface area contributed by atoms with Crippen molar-refractivity contribution in [1.82, 2.24) is 9.38 Å². The van der Waals surface area contributed by atoms with E-state index in [2.05, 4.69) is 4.98 Å². The fourth-order valence-electron chi connectivity index (χ4n) is 2.92. The van der Waals surface area contributed by atoms with Crippen LogP contribution in [0.4, 0.5) is 0 Å². The second-order valence-electron chi connectivity index (χ2n) is 6.38. The third kappa shape index (κ3) is 3.18. The Balaban J connectivity index is 1.46. The monoisotopic (exact) mass is 368 g/mol. The summed E-state index contributed by atoms with van der Waals surface area (Å²) in [6, 6.07) is 7.62. The summed E-state index contributed by atoms with van der Waals surface area (Å²) in [5.74, 6) is -0.319. The van der Waals surface area contributed by atoms with E-state index in [1.54, 1.807) is 29.1 Å². The van der Waals surface area contributed by atoms with Gasteiger partial charge in [0.25, 0.3) is 0 Å². The topological polar surface area (TPSA) is 56.7 Å². The first kappa shape index (κ1) is 16.7. The number of imidazole rings is 1. The average molecular weight is 369 g/mol. The molecule has 1 aromatic carbocycles. The summed E-state index contributed by atoms with van der Waals surface area (Å²) in [6.45, 7) is 4.19. The van der Waals surface area contributed by atoms with Crippen molar-refractivity contribution in [3.05, 3.63) is 70.3 Å². The smallest absolute Gasteiger partial charge is 0.310 e. The molecule has 0 unspecified atom stereocenters. The van der Waals surface area contributed by atoms with Crippen LogP contribution in [0.5, 0.6) is 0 Å². The number of fused-ring (bicyclic) bond motifs is 2. The fraction of sp³-hybridized carbons (Fsp3) is 0.200. The molecule has 132 valence electrons. The third-order valence-electron chi connectivity index (χ3n) is 4.45. The van der Waals surface area contributed by atoms with Crippen LogP contribution in [-0.2, 0) is 22.6 Å². The lowest BCUT2D eigenvalue weighted by molar-refractivity contribution is -0.144. The van der Waals surface area contributed by atoms with Gasteiger partial charge in [0.15, 0.2) is 0 Å². The van der Waals surface area contributed by atoms with Crippen molar-refractivity contribution in [2.75, 3.05) is 0 Å². The van der Waals surface area contributed by atoms with E-state index in [0.29, 0.717) is 10.7 Å². The summed E-state index contributed by atoms with van der Waals surface area (Å²) >= 11 is 5.96. The molecule has 4 rings (SSSR count). The largest absolute Gasteiger partial charge is 0.464 e. The molecule has 6 heteroatoms. The Morgan fingerprint density at radius 1 is 1.23 bits per heavy atom. The lowest BCUT2D eigenvalue weighted by Crippen LogP contribution is -2.07. The lowest BCUT2D eigenvalue weighted by atomic mass is 10.0. The van der Waals surface area contributed by atoms with Crippen LogP contribution in [0.3, 0.4) is 0 Å². The fourth-order valence-corrected chi connectivity index (χ4v) is 3.09. The number of nitrogens with zero attached hydrogens (tertiary/aromatic N) is 2. The number of esters is 1. The number of carbonyl (C=O) groups excluding carboxylic acids is 1. The normalized spacial score (nSPS) is 11.3. The summed E-state index contributed by atoms with van der Waals surface area (Å²) < 4.78 is 12.7. The zero-order chi connectivity index (χ0) is 18.3. The number of ether oxygens (including phenoxy) is 1. The van der Waals surface area contributed by atoms with Gasteiger partial charge in [-0.3, -0.25) is 4.79 Å². The van der Waals surface area contributed by atoms with Crippen LogP contribution in [0.15, 0.2) is 47.3 Å². The van der Waals surface area contributed by atoms with Gasteiger partial charge in [-0.1, -0.05) is 11.6 Å². The molecule has 0 aliphatic rings. The molecule has 3 aromatic heterocycles. The number of pyridine rings is 1. The van der Waals surface area contributed by atoms with Crippen molar-refractivity contribution in [1.29, 1.82) is 0 Å². The molecule has 0 saturated carbocycles. The van der Waals surface area contributed by atoms with E-state index >= 15 is 0 Å². The van der Waals surface area contributed by atoms with Crippen LogP contribution in [0.2, 0.25) is 5.02 Å². The molecule has 0 aliphatic heterocycles. The van der Waals surface area contributed by atoms with Gasteiger partial charge < -0.3 is 13.6 Å². The number of carbonyl (C=O) groups is 1. The number of aryl methyl sites for hydroxylation is 2. The van der Waals surface area contributed by atoms with Crippen molar-refractivity contribution in [3.63, 3.8) is 0 Å². The van der Waals surface area contributed by atoms with Crippen LogP contribution >= 0.6 is 11.6 Å². The maximum Gasteiger partial charge on any atom is 0.310 e. The van der Waals surface area contributed by atoms with Gasteiger partial charge in [0.2, 0.25) is 0 Å². The highest BCUT2D eigenvalue weighted by Crippen LogP contribution is 2.25. The Kier molecular flexibility index (Phi) is 4.17. The van der Waals surface area contributed by atoms with Crippen molar-refractivity contribution in [2.24, 2.45) is 0 Å². The number of rotatable bonds is 4. The molecule has 0 saturated heterocycles. The van der Waals surface area contributed by atoms with E-state index in [9.17, 15) is 4.79 Å². The van der Waals surface area contributed by atoms with E-state index in [4.69, 9.17) is 20.8 Å². The van der Waals surface area contributed by atoms with Crippen molar-refractivity contribution < 1.29 is 13.9 Å². The Bertz CT molecular complexity index is 1130. The number of hydrogen-bond acceptors (Lipinski definition) is 4. The Morgan fingerprint density at radius 3 is 2.88 bits per heavy atom. The summed E-state index contributed by atoms with van der Waals surface area (Å²) in [7, 11) is 0. The zero-order valence-electron chi connectivity index (χ0n) is 14.5. The minimum Gasteiger partial charge on any atom is -0.464 e. The highest BCUT2D eigenvalue weighted by molar-refractivity contribution is 6.30. The second-order valence-corrected chi connectivity index (χ2v) is 6.81. The molecule has 0 fully saturated rings. The van der Waals surface area contributed by atoms with E-state index < -0.39 is 0 Å². The molecule has 0 amide bonds. The SMILES string of the molecule is Cc1cc2occ(CC(=O)OCc3cn4cc(Cl)ccc4n3)c2cc1C. The number of hydrogen-bond donors (Lipinski definition) is 0. The van der Waals surface area contributed by atoms with Gasteiger partial charge >= 0.3 is 5.97 Å². The molecular weight excluding hydrogens is 352 g/mol. The maximum absolute atomic E-state index is 12.2. The maximum atomic E-state index is 12.2. The van der Waals surface area contributed by atoms with Crippen LogP contribution in [0, 0.1) is 13.8 Å². The first-order valence-electron chi connectivity index (χ1n) is 8.26. The van der Waals surface area contributed by atoms with Gasteiger partial charge in [-0.05, 0) is 49.2 Å². The molecule has 0 radical (unpaired) electrons. The molecule has 26 heavy (non-hydrogen) atoms. The first-order chi connectivity index (χ1) is 12.5. The molecular formula is C20H17ClN2O3. The number of furan rings is 1. The third-order valence-corrected chi connectivity index (χ3v) is 4.67. The van der Waals surface area contributed by atoms with Gasteiger partial charge in [-0.25, -0.2) is 4.98 Å². The summed E-state index contributed by atoms with van der Waals surface area (Å²) in [5, 5.41) is 1.57. The van der Waals surface area contributed by atoms with Gasteiger partial charge in [0, 0.05) is 23.3 Å². The summed E-state index contributed by atoms with van der Waals surface area (Å²) in [4.78, 5) is 16.6. The number of halogens is 1. The quantitative estimate of drug-likeness (QED) is 0.492. The predicted molar refractivity (Wildman–Crippen MR) is 99.4 cm³/mol. The van der Waals surface area contributed by atoms with E-state index in [1.165, 1.54) is 0 Å². The van der Waals surface area contributed by atoms with Gasteiger partial charge in [-0.2, -0.15) is 0 Å². The van der Waals surface area contributed by atoms with Crippen molar-refractivity contribution in [2.45, 2.75) is 26.9 Å². The number of aromatic nitrogens is 2. The Morgan fingerprint density at radius 2 is 2.04 bits per heavy atom.